The average molecular weight is 217 g/mol. The Hall–Kier alpha value is -0.610. The minimum absolute atomic E-state index is 0.178. The fourth-order valence-corrected chi connectivity index (χ4v) is 0.842. The third-order valence-corrected chi connectivity index (χ3v) is 1.54. The topological polar surface area (TPSA) is 47.6 Å². The Bertz CT molecular complexity index is 185. The van der Waals surface area contributed by atoms with Gasteiger partial charge in [0.05, 0.1) is 18.8 Å². The van der Waals surface area contributed by atoms with Crippen molar-refractivity contribution >= 4 is 5.97 Å². The van der Waals surface area contributed by atoms with Gasteiger partial charge in [-0.3, -0.25) is 4.79 Å². The van der Waals surface area contributed by atoms with Crippen molar-refractivity contribution in [1.29, 1.82) is 0 Å². The standard InChI is InChI=1S/C11H23NO3/c1-9(2)12-8-10(13)14-6-7-15-11(3,4)5/h9,12H,6-8H2,1-5H3. The second-order valence-electron chi connectivity index (χ2n) is 4.72. The summed E-state index contributed by atoms with van der Waals surface area (Å²) in [5.41, 5.74) is -0.178. The molecular formula is C11H23NO3. The van der Waals surface area contributed by atoms with Crippen molar-refractivity contribution < 1.29 is 14.3 Å². The lowest BCUT2D eigenvalue weighted by molar-refractivity contribution is -0.145. The second-order valence-corrected chi connectivity index (χ2v) is 4.72. The zero-order valence-corrected chi connectivity index (χ0v) is 10.4. The van der Waals surface area contributed by atoms with Gasteiger partial charge in [0, 0.05) is 6.04 Å². The second kappa shape index (κ2) is 6.80. The Kier molecular flexibility index (Phi) is 6.52. The van der Waals surface area contributed by atoms with Gasteiger partial charge in [-0.15, -0.1) is 0 Å². The third kappa shape index (κ3) is 11.3. The maximum atomic E-state index is 11.1. The molecule has 4 heteroatoms. The zero-order valence-electron chi connectivity index (χ0n) is 10.4. The Morgan fingerprint density at radius 1 is 1.27 bits per heavy atom. The number of carbonyl (C=O) groups excluding carboxylic acids is 1. The first kappa shape index (κ1) is 14.4. The first-order valence-corrected chi connectivity index (χ1v) is 5.34. The van der Waals surface area contributed by atoms with Crippen LogP contribution >= 0.6 is 0 Å². The number of ether oxygens (including phenoxy) is 2. The minimum atomic E-state index is -0.235. The molecule has 90 valence electrons. The highest BCUT2D eigenvalue weighted by Crippen LogP contribution is 2.05. The van der Waals surface area contributed by atoms with E-state index in [9.17, 15) is 4.79 Å². The van der Waals surface area contributed by atoms with Gasteiger partial charge in [0.2, 0.25) is 0 Å². The summed E-state index contributed by atoms with van der Waals surface area (Å²) in [7, 11) is 0. The fourth-order valence-electron chi connectivity index (χ4n) is 0.842. The smallest absolute Gasteiger partial charge is 0.320 e. The van der Waals surface area contributed by atoms with Crippen LogP contribution in [0.15, 0.2) is 0 Å². The molecule has 0 saturated carbocycles. The summed E-state index contributed by atoms with van der Waals surface area (Å²) in [5.74, 6) is -0.235. The molecule has 0 unspecified atom stereocenters. The van der Waals surface area contributed by atoms with Gasteiger partial charge in [-0.25, -0.2) is 0 Å². The van der Waals surface area contributed by atoms with Gasteiger partial charge in [0.1, 0.15) is 6.61 Å². The number of nitrogens with one attached hydrogen (secondary N) is 1. The van der Waals surface area contributed by atoms with E-state index in [1.54, 1.807) is 0 Å². The number of hydrogen-bond donors (Lipinski definition) is 1. The molecule has 0 bridgehead atoms. The summed E-state index contributed by atoms with van der Waals surface area (Å²) in [5, 5.41) is 2.99. The molecule has 0 rings (SSSR count). The molecule has 0 heterocycles. The van der Waals surface area contributed by atoms with Crippen LogP contribution in [0, 0.1) is 0 Å². The Morgan fingerprint density at radius 3 is 2.33 bits per heavy atom. The van der Waals surface area contributed by atoms with Crippen molar-refractivity contribution in [3.63, 3.8) is 0 Å². The van der Waals surface area contributed by atoms with E-state index in [0.29, 0.717) is 19.3 Å². The molecule has 0 saturated heterocycles. The van der Waals surface area contributed by atoms with E-state index in [-0.39, 0.29) is 18.1 Å². The van der Waals surface area contributed by atoms with E-state index in [4.69, 9.17) is 9.47 Å². The number of carbonyl (C=O) groups is 1. The van der Waals surface area contributed by atoms with Crippen molar-refractivity contribution in [2.75, 3.05) is 19.8 Å². The lowest BCUT2D eigenvalue weighted by atomic mass is 10.2. The zero-order chi connectivity index (χ0) is 11.9. The van der Waals surface area contributed by atoms with Crippen molar-refractivity contribution in [3.05, 3.63) is 0 Å². The average Bonchev–Trinajstić information content (AvgIpc) is 2.07. The molecule has 0 spiro atoms. The fraction of sp³-hybridized carbons (Fsp3) is 0.909. The van der Waals surface area contributed by atoms with E-state index in [1.807, 2.05) is 34.6 Å². The van der Waals surface area contributed by atoms with Gasteiger partial charge in [-0.2, -0.15) is 0 Å². The SMILES string of the molecule is CC(C)NCC(=O)OCCOC(C)(C)C. The van der Waals surface area contributed by atoms with Crippen LogP contribution in [0.5, 0.6) is 0 Å². The summed E-state index contributed by atoms with van der Waals surface area (Å²) < 4.78 is 10.4. The molecule has 0 radical (unpaired) electrons. The van der Waals surface area contributed by atoms with Crippen LogP contribution in [-0.4, -0.2) is 37.4 Å². The van der Waals surface area contributed by atoms with Crippen LogP contribution in [0.4, 0.5) is 0 Å². The molecule has 0 aromatic heterocycles. The summed E-state index contributed by atoms with van der Waals surface area (Å²) >= 11 is 0. The van der Waals surface area contributed by atoms with Crippen molar-refractivity contribution in [2.45, 2.75) is 46.3 Å². The maximum absolute atomic E-state index is 11.1. The summed E-state index contributed by atoms with van der Waals surface area (Å²) in [6.45, 7) is 10.9. The van der Waals surface area contributed by atoms with Gasteiger partial charge < -0.3 is 14.8 Å². The molecule has 0 atom stereocenters. The van der Waals surface area contributed by atoms with Crippen LogP contribution in [0.2, 0.25) is 0 Å². The molecule has 0 amide bonds. The molecule has 1 N–H and O–H groups in total. The van der Waals surface area contributed by atoms with E-state index in [0.717, 1.165) is 0 Å². The molecule has 15 heavy (non-hydrogen) atoms. The van der Waals surface area contributed by atoms with E-state index in [2.05, 4.69) is 5.32 Å². The largest absolute Gasteiger partial charge is 0.462 e. The normalized spacial score (nSPS) is 11.9. The monoisotopic (exact) mass is 217 g/mol. The minimum Gasteiger partial charge on any atom is -0.462 e. The van der Waals surface area contributed by atoms with Crippen LogP contribution < -0.4 is 5.32 Å². The van der Waals surface area contributed by atoms with Gasteiger partial charge in [0.15, 0.2) is 0 Å². The van der Waals surface area contributed by atoms with Crippen LogP contribution in [0.25, 0.3) is 0 Å². The molecule has 0 aliphatic rings. The van der Waals surface area contributed by atoms with Gasteiger partial charge >= 0.3 is 5.97 Å². The first-order chi connectivity index (χ1) is 6.81. The van der Waals surface area contributed by atoms with E-state index < -0.39 is 0 Å². The van der Waals surface area contributed by atoms with E-state index >= 15 is 0 Å². The van der Waals surface area contributed by atoms with E-state index in [1.165, 1.54) is 0 Å². The molecule has 4 nitrogen and oxygen atoms in total. The quantitative estimate of drug-likeness (QED) is 0.539. The highest BCUT2D eigenvalue weighted by atomic mass is 16.6. The predicted octanol–water partition coefficient (Wildman–Crippen LogP) is 1.34. The Labute approximate surface area is 92.3 Å². The summed E-state index contributed by atoms with van der Waals surface area (Å²) in [6.07, 6.45) is 0. The first-order valence-electron chi connectivity index (χ1n) is 5.34. The van der Waals surface area contributed by atoms with Crippen LogP contribution in [0.3, 0.4) is 0 Å². The lowest BCUT2D eigenvalue weighted by Gasteiger charge is -2.19. The van der Waals surface area contributed by atoms with Gasteiger partial charge in [-0.1, -0.05) is 13.8 Å². The predicted molar refractivity (Wildman–Crippen MR) is 59.8 cm³/mol. The third-order valence-electron chi connectivity index (χ3n) is 1.54. The summed E-state index contributed by atoms with van der Waals surface area (Å²) in [6, 6.07) is 0.295. The molecule has 0 aliphatic carbocycles. The van der Waals surface area contributed by atoms with Crippen LogP contribution in [-0.2, 0) is 14.3 Å². The maximum Gasteiger partial charge on any atom is 0.320 e. The van der Waals surface area contributed by atoms with Crippen molar-refractivity contribution in [1.82, 2.24) is 5.32 Å². The molecule has 0 aromatic carbocycles. The van der Waals surface area contributed by atoms with Crippen molar-refractivity contribution in [3.8, 4) is 0 Å². The molecule has 0 fully saturated rings. The molecule has 0 aliphatic heterocycles. The van der Waals surface area contributed by atoms with Crippen LogP contribution in [0.1, 0.15) is 34.6 Å². The molecule has 0 aromatic rings. The number of rotatable bonds is 6. The van der Waals surface area contributed by atoms with Gasteiger partial charge in [-0.05, 0) is 20.8 Å². The van der Waals surface area contributed by atoms with Crippen molar-refractivity contribution in [2.24, 2.45) is 0 Å². The Morgan fingerprint density at radius 2 is 1.87 bits per heavy atom. The number of esters is 1. The lowest BCUT2D eigenvalue weighted by Crippen LogP contribution is -2.31. The summed E-state index contributed by atoms with van der Waals surface area (Å²) in [4.78, 5) is 11.1. The molecular weight excluding hydrogens is 194 g/mol. The highest BCUT2D eigenvalue weighted by molar-refractivity contribution is 5.71. The number of hydrogen-bond acceptors (Lipinski definition) is 4. The highest BCUT2D eigenvalue weighted by Gasteiger charge is 2.10. The Balaban J connectivity index is 3.40. The van der Waals surface area contributed by atoms with Gasteiger partial charge in [0.25, 0.3) is 0 Å².